The number of rotatable bonds is 16. The number of thioether (sulfide) groups is 1. The fraction of sp³-hybridized carbons (Fsp3) is 0.654. The van der Waals surface area contributed by atoms with Crippen LogP contribution in [0.1, 0.15) is 80.6 Å². The van der Waals surface area contributed by atoms with E-state index in [9.17, 15) is 19.5 Å². The molecule has 0 aliphatic rings. The smallest absolute Gasteiger partial charge is 0.327 e. The topological polar surface area (TPSA) is 95.5 Å². The quantitative estimate of drug-likeness (QED) is 0.207. The van der Waals surface area contributed by atoms with E-state index in [0.717, 1.165) is 25.7 Å². The maximum atomic E-state index is 12.5. The minimum atomic E-state index is -1.07. The Hall–Kier alpha value is -2.02. The van der Waals surface area contributed by atoms with Crippen molar-refractivity contribution in [1.82, 2.24) is 10.6 Å². The molecule has 0 aliphatic carbocycles. The van der Waals surface area contributed by atoms with Gasteiger partial charge in [-0.1, -0.05) is 48.8 Å². The van der Waals surface area contributed by atoms with Crippen LogP contribution >= 0.6 is 11.8 Å². The first-order chi connectivity index (χ1) is 15.4. The van der Waals surface area contributed by atoms with Gasteiger partial charge in [0.15, 0.2) is 0 Å². The van der Waals surface area contributed by atoms with E-state index in [1.807, 2.05) is 13.8 Å². The Morgan fingerprint density at radius 3 is 1.94 bits per heavy atom. The van der Waals surface area contributed by atoms with Gasteiger partial charge in [0.05, 0.1) is 0 Å². The summed E-state index contributed by atoms with van der Waals surface area (Å²) >= 11 is 1.47. The van der Waals surface area contributed by atoms with Crippen molar-refractivity contribution in [3.8, 4) is 0 Å². The molecular weight excluding hydrogens is 436 g/mol. The monoisotopic (exact) mass is 480 g/mol. The molecule has 0 heterocycles. The molecule has 0 aliphatic heterocycles. The molecule has 2 atom stereocenters. The van der Waals surface area contributed by atoms with Crippen LogP contribution in [0.3, 0.4) is 0 Å². The van der Waals surface area contributed by atoms with E-state index in [4.69, 9.17) is 0 Å². The predicted octanol–water partition coefficient (Wildman–Crippen LogP) is 5.26. The van der Waals surface area contributed by atoms with Gasteiger partial charge >= 0.3 is 5.97 Å². The number of carbonyl (C=O) groups excluding carboxylic acids is 2. The van der Waals surface area contributed by atoms with Crippen LogP contribution in [0.15, 0.2) is 34.9 Å². The zero-order valence-electron chi connectivity index (χ0n) is 21.5. The summed E-state index contributed by atoms with van der Waals surface area (Å²) in [5.41, 5.74) is 4.03. The summed E-state index contributed by atoms with van der Waals surface area (Å²) in [6.07, 6.45) is 11.3. The van der Waals surface area contributed by atoms with Gasteiger partial charge in [-0.05, 0) is 65.7 Å². The Morgan fingerprint density at radius 1 is 0.848 bits per heavy atom. The van der Waals surface area contributed by atoms with E-state index in [2.05, 4.69) is 56.6 Å². The van der Waals surface area contributed by atoms with E-state index in [0.29, 0.717) is 12.2 Å². The Bertz CT molecular complexity index is 722. The van der Waals surface area contributed by atoms with Crippen LogP contribution in [0.5, 0.6) is 0 Å². The highest BCUT2D eigenvalue weighted by atomic mass is 32.2. The third-order valence-corrected chi connectivity index (χ3v) is 5.94. The third-order valence-electron chi connectivity index (χ3n) is 4.97. The minimum Gasteiger partial charge on any atom is -0.480 e. The molecule has 188 valence electrons. The summed E-state index contributed by atoms with van der Waals surface area (Å²) in [6, 6.07) is -1.72. The summed E-state index contributed by atoms with van der Waals surface area (Å²) in [5, 5.41) is 14.7. The molecule has 2 amide bonds. The van der Waals surface area contributed by atoms with Crippen LogP contribution in [0.25, 0.3) is 0 Å². The van der Waals surface area contributed by atoms with Crippen molar-refractivity contribution in [2.24, 2.45) is 5.92 Å². The molecule has 1 unspecified atom stereocenters. The van der Waals surface area contributed by atoms with E-state index in [1.165, 1.54) is 35.4 Å². The Balaban J connectivity index is 4.55. The molecule has 6 nitrogen and oxygen atoms in total. The maximum absolute atomic E-state index is 12.5. The Labute approximate surface area is 204 Å². The van der Waals surface area contributed by atoms with E-state index < -0.39 is 24.0 Å². The number of allylic oxidation sites excluding steroid dienone is 5. The summed E-state index contributed by atoms with van der Waals surface area (Å²) in [5.74, 6) is -0.690. The van der Waals surface area contributed by atoms with Gasteiger partial charge in [0.2, 0.25) is 11.8 Å². The van der Waals surface area contributed by atoms with Gasteiger partial charge in [-0.3, -0.25) is 9.59 Å². The summed E-state index contributed by atoms with van der Waals surface area (Å²) in [6.45, 7) is 13.7. The number of nitrogens with one attached hydrogen (secondary N) is 2. The normalized spacial score (nSPS) is 13.9. The van der Waals surface area contributed by atoms with Crippen LogP contribution in [0, 0.1) is 5.92 Å². The highest BCUT2D eigenvalue weighted by Crippen LogP contribution is 2.13. The standard InChI is InChI=1S/C26H44N2O4S/c1-18(2)10-8-11-20(5)12-9-13-21(6)14-15-33-17-24(26(31)32)28-25(30)23(16-19(3)4)27-22(7)29/h10,12,14,19,23-24H,8-9,11,13,15-17H2,1-7H3,(H,27,29)(H,28,30)(H,31,32)/t23?,24-/m0/s1. The molecule has 0 saturated carbocycles. The number of carboxylic acid groups (broad SMARTS) is 1. The molecule has 0 aromatic heterocycles. The number of hydrogen-bond acceptors (Lipinski definition) is 4. The molecule has 0 spiro atoms. The van der Waals surface area contributed by atoms with Crippen LogP contribution in [0.4, 0.5) is 0 Å². The van der Waals surface area contributed by atoms with Crippen LogP contribution in [0.2, 0.25) is 0 Å². The highest BCUT2D eigenvalue weighted by Gasteiger charge is 2.26. The molecule has 0 radical (unpaired) electrons. The van der Waals surface area contributed by atoms with Crippen molar-refractivity contribution >= 4 is 29.5 Å². The zero-order chi connectivity index (χ0) is 25.4. The SMILES string of the molecule is CC(=O)NC(CC(C)C)C(=O)N[C@@H](CSCC=C(C)CCC=C(C)CCC=C(C)C)C(=O)O. The first-order valence-electron chi connectivity index (χ1n) is 11.7. The fourth-order valence-electron chi connectivity index (χ4n) is 3.12. The zero-order valence-corrected chi connectivity index (χ0v) is 22.3. The van der Waals surface area contributed by atoms with Crippen LogP contribution in [-0.4, -0.2) is 46.5 Å². The molecule has 0 bridgehead atoms. The predicted molar refractivity (Wildman–Crippen MR) is 139 cm³/mol. The average molecular weight is 481 g/mol. The van der Waals surface area contributed by atoms with Gasteiger partial charge < -0.3 is 15.7 Å². The van der Waals surface area contributed by atoms with Crippen molar-refractivity contribution in [2.75, 3.05) is 11.5 Å². The Kier molecular flexibility index (Phi) is 16.4. The average Bonchev–Trinajstić information content (AvgIpc) is 2.68. The summed E-state index contributed by atoms with van der Waals surface area (Å²) in [7, 11) is 0. The number of amides is 2. The maximum Gasteiger partial charge on any atom is 0.327 e. The second kappa shape index (κ2) is 17.5. The molecular formula is C26H44N2O4S. The van der Waals surface area contributed by atoms with E-state index >= 15 is 0 Å². The number of aliphatic carboxylic acids is 1. The minimum absolute atomic E-state index is 0.189. The summed E-state index contributed by atoms with van der Waals surface area (Å²) in [4.78, 5) is 35.5. The van der Waals surface area contributed by atoms with Gasteiger partial charge in [-0.15, -0.1) is 0 Å². The van der Waals surface area contributed by atoms with Crippen molar-refractivity contribution in [2.45, 2.75) is 92.7 Å². The van der Waals surface area contributed by atoms with Crippen molar-refractivity contribution in [1.29, 1.82) is 0 Å². The molecule has 0 aromatic rings. The second-order valence-corrected chi connectivity index (χ2v) is 10.4. The van der Waals surface area contributed by atoms with Gasteiger partial charge in [-0.25, -0.2) is 4.79 Å². The molecule has 3 N–H and O–H groups in total. The Morgan fingerprint density at radius 2 is 1.42 bits per heavy atom. The van der Waals surface area contributed by atoms with Crippen LogP contribution < -0.4 is 10.6 Å². The first kappa shape index (κ1) is 31.0. The van der Waals surface area contributed by atoms with Gasteiger partial charge in [0, 0.05) is 18.4 Å². The molecule has 0 rings (SSSR count). The highest BCUT2D eigenvalue weighted by molar-refractivity contribution is 7.99. The van der Waals surface area contributed by atoms with Crippen molar-refractivity contribution < 1.29 is 19.5 Å². The van der Waals surface area contributed by atoms with E-state index in [1.54, 1.807) is 0 Å². The largest absolute Gasteiger partial charge is 0.480 e. The first-order valence-corrected chi connectivity index (χ1v) is 12.9. The lowest BCUT2D eigenvalue weighted by Gasteiger charge is -2.22. The third kappa shape index (κ3) is 17.2. The van der Waals surface area contributed by atoms with Crippen molar-refractivity contribution in [3.05, 3.63) is 34.9 Å². The van der Waals surface area contributed by atoms with Crippen molar-refractivity contribution in [3.63, 3.8) is 0 Å². The van der Waals surface area contributed by atoms with Gasteiger partial charge in [0.25, 0.3) is 0 Å². The molecule has 0 fully saturated rings. The molecule has 0 saturated heterocycles. The summed E-state index contributed by atoms with van der Waals surface area (Å²) < 4.78 is 0. The van der Waals surface area contributed by atoms with Crippen LogP contribution in [-0.2, 0) is 14.4 Å². The molecule has 33 heavy (non-hydrogen) atoms. The molecule has 7 heteroatoms. The van der Waals surface area contributed by atoms with E-state index in [-0.39, 0.29) is 17.6 Å². The number of hydrogen-bond donors (Lipinski definition) is 3. The fourth-order valence-corrected chi connectivity index (χ4v) is 4.12. The lowest BCUT2D eigenvalue weighted by molar-refractivity contribution is -0.141. The van der Waals surface area contributed by atoms with Gasteiger partial charge in [0.1, 0.15) is 12.1 Å². The lowest BCUT2D eigenvalue weighted by Crippen LogP contribution is -2.52. The second-order valence-electron chi connectivity index (χ2n) is 9.28. The number of carbonyl (C=O) groups is 3. The molecule has 0 aromatic carbocycles. The lowest BCUT2D eigenvalue weighted by atomic mass is 10.0. The van der Waals surface area contributed by atoms with Gasteiger partial charge in [-0.2, -0.15) is 11.8 Å². The number of carboxylic acids is 1.